The van der Waals surface area contributed by atoms with Crippen LogP contribution in [0.2, 0.25) is 0 Å². The molecule has 1 aliphatic heterocycles. The third-order valence-corrected chi connectivity index (χ3v) is 4.05. The molecule has 24 heavy (non-hydrogen) atoms. The molecule has 1 aliphatic rings. The van der Waals surface area contributed by atoms with Crippen molar-refractivity contribution in [1.29, 1.82) is 0 Å². The lowest BCUT2D eigenvalue weighted by Crippen LogP contribution is -2.45. The molecule has 0 bridgehead atoms. The number of hydrogen-bond donors (Lipinski definition) is 1. The van der Waals surface area contributed by atoms with E-state index in [-0.39, 0.29) is 12.3 Å². The van der Waals surface area contributed by atoms with Crippen molar-refractivity contribution in [3.05, 3.63) is 71.7 Å². The zero-order chi connectivity index (χ0) is 16.8. The fourth-order valence-corrected chi connectivity index (χ4v) is 2.76. The third-order valence-electron chi connectivity index (χ3n) is 4.05. The van der Waals surface area contributed by atoms with Crippen LogP contribution in [-0.4, -0.2) is 28.1 Å². The summed E-state index contributed by atoms with van der Waals surface area (Å²) in [4.78, 5) is 29.7. The van der Waals surface area contributed by atoms with E-state index in [1.807, 2.05) is 59.6 Å². The molecule has 1 unspecified atom stereocenters. The standard InChI is InChI=1S/C19H19N3O2/c23-12-9-18(19(24)21-13-17-7-3-4-10-20-17)22-11-8-15-5-1-2-6-16(15)14-22/h1-8,10-12,18H,9,13-14H2,(H,21,24). The predicted molar refractivity (Wildman–Crippen MR) is 91.6 cm³/mol. The van der Waals surface area contributed by atoms with Gasteiger partial charge in [0, 0.05) is 25.4 Å². The van der Waals surface area contributed by atoms with Gasteiger partial charge in [0.1, 0.15) is 12.3 Å². The Morgan fingerprint density at radius 3 is 2.88 bits per heavy atom. The Labute approximate surface area is 141 Å². The SMILES string of the molecule is O=CCC(C(=O)NCc1ccccn1)N1C=Cc2ccccc2C1. The van der Waals surface area contributed by atoms with Gasteiger partial charge in [0.2, 0.25) is 5.91 Å². The summed E-state index contributed by atoms with van der Waals surface area (Å²) in [7, 11) is 0. The molecule has 1 N–H and O–H groups in total. The minimum absolute atomic E-state index is 0.153. The fraction of sp³-hybridized carbons (Fsp3) is 0.211. The molecule has 1 amide bonds. The number of carbonyl (C=O) groups is 2. The molecule has 2 aromatic rings. The second kappa shape index (κ2) is 7.55. The van der Waals surface area contributed by atoms with Gasteiger partial charge in [0.15, 0.2) is 0 Å². The molecule has 122 valence electrons. The van der Waals surface area contributed by atoms with E-state index in [0.717, 1.165) is 23.1 Å². The molecule has 5 heteroatoms. The second-order valence-corrected chi connectivity index (χ2v) is 5.64. The van der Waals surface area contributed by atoms with Crippen LogP contribution >= 0.6 is 0 Å². The Morgan fingerprint density at radius 2 is 2.08 bits per heavy atom. The molecule has 3 rings (SSSR count). The number of pyridine rings is 1. The summed E-state index contributed by atoms with van der Waals surface area (Å²) in [5, 5.41) is 2.87. The monoisotopic (exact) mass is 321 g/mol. The molecule has 0 radical (unpaired) electrons. The van der Waals surface area contributed by atoms with E-state index in [1.165, 1.54) is 0 Å². The van der Waals surface area contributed by atoms with Crippen molar-refractivity contribution in [2.24, 2.45) is 0 Å². The molecule has 1 aromatic heterocycles. The van der Waals surface area contributed by atoms with Gasteiger partial charge in [-0.15, -0.1) is 0 Å². The smallest absolute Gasteiger partial charge is 0.243 e. The molecular weight excluding hydrogens is 302 g/mol. The van der Waals surface area contributed by atoms with Crippen molar-refractivity contribution in [3.8, 4) is 0 Å². The maximum atomic E-state index is 12.5. The van der Waals surface area contributed by atoms with E-state index in [9.17, 15) is 9.59 Å². The van der Waals surface area contributed by atoms with Gasteiger partial charge in [-0.25, -0.2) is 0 Å². The highest BCUT2D eigenvalue weighted by atomic mass is 16.2. The summed E-state index contributed by atoms with van der Waals surface area (Å²) in [6.07, 6.45) is 6.49. The Morgan fingerprint density at radius 1 is 1.25 bits per heavy atom. The van der Waals surface area contributed by atoms with Crippen molar-refractivity contribution in [1.82, 2.24) is 15.2 Å². The Hall–Kier alpha value is -2.95. The topological polar surface area (TPSA) is 62.3 Å². The van der Waals surface area contributed by atoms with Crippen LogP contribution < -0.4 is 5.32 Å². The number of amides is 1. The van der Waals surface area contributed by atoms with Crippen LogP contribution in [0.5, 0.6) is 0 Å². The van der Waals surface area contributed by atoms with Gasteiger partial charge in [0.25, 0.3) is 0 Å². The number of carbonyl (C=O) groups excluding carboxylic acids is 2. The number of rotatable bonds is 6. The molecular formula is C19H19N3O2. The quantitative estimate of drug-likeness (QED) is 0.828. The van der Waals surface area contributed by atoms with Crippen molar-refractivity contribution < 1.29 is 9.59 Å². The molecule has 0 fully saturated rings. The van der Waals surface area contributed by atoms with Gasteiger partial charge < -0.3 is 15.0 Å². The summed E-state index contributed by atoms with van der Waals surface area (Å²) in [6.45, 7) is 0.964. The molecule has 0 spiro atoms. The van der Waals surface area contributed by atoms with Gasteiger partial charge >= 0.3 is 0 Å². The first kappa shape index (κ1) is 15.9. The largest absolute Gasteiger partial charge is 0.361 e. The predicted octanol–water partition coefficient (Wildman–Crippen LogP) is 2.14. The zero-order valence-corrected chi connectivity index (χ0v) is 13.3. The Kier molecular flexibility index (Phi) is 5.01. The normalized spacial score (nSPS) is 13.9. The van der Waals surface area contributed by atoms with E-state index in [0.29, 0.717) is 13.1 Å². The highest BCUT2D eigenvalue weighted by Gasteiger charge is 2.25. The fourth-order valence-electron chi connectivity index (χ4n) is 2.76. The van der Waals surface area contributed by atoms with Gasteiger partial charge in [-0.3, -0.25) is 9.78 Å². The van der Waals surface area contributed by atoms with Crippen LogP contribution in [0.15, 0.2) is 54.9 Å². The summed E-state index contributed by atoms with van der Waals surface area (Å²) in [6, 6.07) is 13.1. The first-order chi connectivity index (χ1) is 11.8. The summed E-state index contributed by atoms with van der Waals surface area (Å²) in [5.74, 6) is -0.170. The van der Waals surface area contributed by atoms with Crippen molar-refractivity contribution in [3.63, 3.8) is 0 Å². The molecule has 0 saturated carbocycles. The van der Waals surface area contributed by atoms with Crippen LogP contribution in [0.4, 0.5) is 0 Å². The second-order valence-electron chi connectivity index (χ2n) is 5.64. The van der Waals surface area contributed by atoms with Crippen molar-refractivity contribution in [2.45, 2.75) is 25.6 Å². The lowest BCUT2D eigenvalue weighted by atomic mass is 10.0. The molecule has 0 saturated heterocycles. The molecule has 0 aliphatic carbocycles. The third kappa shape index (κ3) is 3.68. The van der Waals surface area contributed by atoms with E-state index in [2.05, 4.69) is 10.3 Å². The van der Waals surface area contributed by atoms with Gasteiger partial charge in [-0.05, 0) is 29.3 Å². The van der Waals surface area contributed by atoms with Crippen LogP contribution in [0.1, 0.15) is 23.2 Å². The van der Waals surface area contributed by atoms with Crippen LogP contribution in [-0.2, 0) is 22.7 Å². The van der Waals surface area contributed by atoms with Crippen molar-refractivity contribution in [2.75, 3.05) is 0 Å². The van der Waals surface area contributed by atoms with E-state index in [1.54, 1.807) is 6.20 Å². The number of benzene rings is 1. The van der Waals surface area contributed by atoms with Gasteiger partial charge in [-0.1, -0.05) is 30.3 Å². The first-order valence-corrected chi connectivity index (χ1v) is 7.91. The lowest BCUT2D eigenvalue weighted by molar-refractivity contribution is -0.127. The van der Waals surface area contributed by atoms with Crippen LogP contribution in [0, 0.1) is 0 Å². The number of nitrogens with one attached hydrogen (secondary N) is 1. The maximum absolute atomic E-state index is 12.5. The van der Waals surface area contributed by atoms with E-state index >= 15 is 0 Å². The number of nitrogens with zero attached hydrogens (tertiary/aromatic N) is 2. The maximum Gasteiger partial charge on any atom is 0.243 e. The van der Waals surface area contributed by atoms with E-state index in [4.69, 9.17) is 0 Å². The molecule has 2 heterocycles. The number of aldehydes is 1. The summed E-state index contributed by atoms with van der Waals surface area (Å²) < 4.78 is 0. The highest BCUT2D eigenvalue weighted by Crippen LogP contribution is 2.22. The first-order valence-electron chi connectivity index (χ1n) is 7.91. The average molecular weight is 321 g/mol. The molecule has 1 atom stereocenters. The van der Waals surface area contributed by atoms with Crippen molar-refractivity contribution >= 4 is 18.3 Å². The minimum atomic E-state index is -0.518. The lowest BCUT2D eigenvalue weighted by Gasteiger charge is -2.31. The molecule has 1 aromatic carbocycles. The van der Waals surface area contributed by atoms with Gasteiger partial charge in [0.05, 0.1) is 12.2 Å². The summed E-state index contributed by atoms with van der Waals surface area (Å²) >= 11 is 0. The number of fused-ring (bicyclic) bond motifs is 1. The number of aromatic nitrogens is 1. The molecule has 5 nitrogen and oxygen atoms in total. The van der Waals surface area contributed by atoms with E-state index < -0.39 is 6.04 Å². The average Bonchev–Trinajstić information content (AvgIpc) is 2.64. The van der Waals surface area contributed by atoms with Crippen LogP contribution in [0.3, 0.4) is 0 Å². The summed E-state index contributed by atoms with van der Waals surface area (Å²) in [5.41, 5.74) is 3.08. The van der Waals surface area contributed by atoms with Gasteiger partial charge in [-0.2, -0.15) is 0 Å². The Balaban J connectivity index is 1.68. The highest BCUT2D eigenvalue weighted by molar-refractivity contribution is 5.84. The minimum Gasteiger partial charge on any atom is -0.361 e. The van der Waals surface area contributed by atoms with Crippen LogP contribution in [0.25, 0.3) is 6.08 Å². The Bertz CT molecular complexity index is 743. The zero-order valence-electron chi connectivity index (χ0n) is 13.3. The number of hydrogen-bond acceptors (Lipinski definition) is 4.